The van der Waals surface area contributed by atoms with E-state index in [1.54, 1.807) is 32.2 Å². The van der Waals surface area contributed by atoms with Crippen molar-refractivity contribution in [3.8, 4) is 0 Å². The first kappa shape index (κ1) is 28.7. The van der Waals surface area contributed by atoms with E-state index in [1.165, 1.54) is 19.9 Å². The highest BCUT2D eigenvalue weighted by molar-refractivity contribution is 5.88. The monoisotopic (exact) mass is 519 g/mol. The van der Waals surface area contributed by atoms with Crippen LogP contribution in [0, 0.1) is 6.92 Å². The van der Waals surface area contributed by atoms with Crippen LogP contribution < -0.4 is 32.3 Å². The number of amides is 6. The Labute approximate surface area is 213 Å². The van der Waals surface area contributed by atoms with E-state index in [-0.39, 0.29) is 23.4 Å². The zero-order valence-corrected chi connectivity index (χ0v) is 21.6. The fourth-order valence-corrected chi connectivity index (χ4v) is 2.50. The Morgan fingerprint density at radius 1 is 0.838 bits per heavy atom. The van der Waals surface area contributed by atoms with E-state index in [0.29, 0.717) is 17.7 Å². The van der Waals surface area contributed by atoms with Crippen LogP contribution in [0.2, 0.25) is 0 Å². The molecule has 0 atom stereocenters. The van der Waals surface area contributed by atoms with Gasteiger partial charge in [-0.15, -0.1) is 0 Å². The molecule has 0 saturated heterocycles. The first-order valence-electron chi connectivity index (χ1n) is 11.3. The van der Waals surface area contributed by atoms with Crippen molar-refractivity contribution in [3.05, 3.63) is 35.3 Å². The van der Waals surface area contributed by atoms with Gasteiger partial charge in [0, 0.05) is 43.6 Å². The number of aryl methyl sites for hydroxylation is 1. The van der Waals surface area contributed by atoms with E-state index < -0.39 is 6.03 Å². The summed E-state index contributed by atoms with van der Waals surface area (Å²) in [4.78, 5) is 32.0. The third-order valence-corrected chi connectivity index (χ3v) is 4.60. The number of carbonyl (C=O) groups excluding carboxylic acids is 3. The molecule has 3 aromatic rings. The Hall–Kier alpha value is -4.56. The van der Waals surface area contributed by atoms with Crippen molar-refractivity contribution in [1.82, 2.24) is 26.1 Å². The average molecular weight is 520 g/mol. The molecule has 0 aliphatic heterocycles. The lowest BCUT2D eigenvalue weighted by Crippen LogP contribution is -2.24. The smallest absolute Gasteiger partial charge is 0.321 e. The van der Waals surface area contributed by atoms with E-state index in [4.69, 9.17) is 19.3 Å². The molecule has 7 N–H and O–H groups in total. The summed E-state index contributed by atoms with van der Waals surface area (Å²) in [5, 5.41) is 23.3. The molecule has 6 amide bonds. The maximum Gasteiger partial charge on any atom is 0.321 e. The fourth-order valence-electron chi connectivity index (χ4n) is 2.50. The molecule has 3 aromatic heterocycles. The number of anilines is 3. The van der Waals surface area contributed by atoms with Gasteiger partial charge in [0.2, 0.25) is 17.7 Å². The summed E-state index contributed by atoms with van der Waals surface area (Å²) < 4.78 is 14.5. The van der Waals surface area contributed by atoms with Crippen molar-refractivity contribution in [3.63, 3.8) is 0 Å². The lowest BCUT2D eigenvalue weighted by molar-refractivity contribution is 0.252. The number of nitrogens with zero attached hydrogens (tertiary/aromatic N) is 3. The summed E-state index contributed by atoms with van der Waals surface area (Å²) in [6, 6.07) is 3.80. The highest BCUT2D eigenvalue weighted by atomic mass is 16.5. The Bertz CT molecular complexity index is 1170. The number of hydrogen-bond donors (Lipinski definition) is 6. The predicted molar refractivity (Wildman–Crippen MR) is 134 cm³/mol. The Kier molecular flexibility index (Phi) is 10.0. The number of urea groups is 3. The van der Waals surface area contributed by atoms with Crippen LogP contribution in [0.5, 0.6) is 0 Å². The fraction of sp³-hybridized carbons (Fsp3) is 0.455. The molecule has 202 valence electrons. The second kappa shape index (κ2) is 12.9. The van der Waals surface area contributed by atoms with E-state index in [1.807, 2.05) is 20.8 Å². The summed E-state index contributed by atoms with van der Waals surface area (Å²) in [5.41, 5.74) is 7.25. The number of rotatable bonds is 4. The van der Waals surface area contributed by atoms with E-state index in [0.717, 1.165) is 17.1 Å². The van der Waals surface area contributed by atoms with Gasteiger partial charge in [-0.1, -0.05) is 36.2 Å². The standard InChI is InChI=1S/C8H11N3O2.C8H13N3O2.C6H9N3O2/c1-9-8(12)10-7-4-6(11-13-7)5-2-3-5;1-8(2,3)5-4-6(13-11-5)10-7(9)12;1-4-3-5(11-9-4)8-6(10)7-2/h4-5H,2-3H2,1H3,(H2,9,10,12);4H,1-3H3,(H3,9,10,12);3H,1-2H3,(H2,7,8,10). The summed E-state index contributed by atoms with van der Waals surface area (Å²) >= 11 is 0. The third kappa shape index (κ3) is 10.3. The van der Waals surface area contributed by atoms with Crippen LogP contribution >= 0.6 is 0 Å². The molecule has 15 heteroatoms. The summed E-state index contributed by atoms with van der Waals surface area (Å²) in [7, 11) is 3.08. The molecule has 37 heavy (non-hydrogen) atoms. The first-order chi connectivity index (χ1) is 17.4. The maximum atomic E-state index is 10.9. The largest absolute Gasteiger partial charge is 0.351 e. The minimum Gasteiger partial charge on any atom is -0.351 e. The molecule has 0 radical (unpaired) electrons. The van der Waals surface area contributed by atoms with E-state index in [2.05, 4.69) is 42.1 Å². The molecule has 15 nitrogen and oxygen atoms in total. The van der Waals surface area contributed by atoms with Gasteiger partial charge in [-0.2, -0.15) is 0 Å². The predicted octanol–water partition coefficient (Wildman–Crippen LogP) is 3.50. The number of carbonyl (C=O) groups is 3. The molecular formula is C22H33N9O6. The third-order valence-electron chi connectivity index (χ3n) is 4.60. The minimum atomic E-state index is -0.656. The first-order valence-corrected chi connectivity index (χ1v) is 11.3. The van der Waals surface area contributed by atoms with Crippen LogP contribution in [0.25, 0.3) is 0 Å². The second-order valence-electron chi connectivity index (χ2n) is 8.95. The van der Waals surface area contributed by atoms with Crippen molar-refractivity contribution in [2.75, 3.05) is 30.0 Å². The lowest BCUT2D eigenvalue weighted by Gasteiger charge is -2.12. The maximum absolute atomic E-state index is 10.9. The topological polar surface area (TPSA) is 215 Å². The van der Waals surface area contributed by atoms with Gasteiger partial charge >= 0.3 is 18.1 Å². The average Bonchev–Trinajstić information content (AvgIpc) is 3.17. The van der Waals surface area contributed by atoms with Gasteiger partial charge in [-0.25, -0.2) is 14.4 Å². The molecule has 1 fully saturated rings. The van der Waals surface area contributed by atoms with Gasteiger partial charge < -0.3 is 29.9 Å². The van der Waals surface area contributed by atoms with Gasteiger partial charge in [-0.05, 0) is 19.8 Å². The van der Waals surface area contributed by atoms with Crippen LogP contribution in [0.3, 0.4) is 0 Å². The molecule has 3 heterocycles. The summed E-state index contributed by atoms with van der Waals surface area (Å²) in [6.45, 7) is 7.77. The summed E-state index contributed by atoms with van der Waals surface area (Å²) in [6.07, 6.45) is 2.35. The second-order valence-corrected chi connectivity index (χ2v) is 8.95. The highest BCUT2D eigenvalue weighted by Gasteiger charge is 2.27. The Morgan fingerprint density at radius 3 is 1.78 bits per heavy atom. The Morgan fingerprint density at radius 2 is 1.35 bits per heavy atom. The van der Waals surface area contributed by atoms with Crippen molar-refractivity contribution in [2.24, 2.45) is 5.73 Å². The lowest BCUT2D eigenvalue weighted by atomic mass is 9.92. The summed E-state index contributed by atoms with van der Waals surface area (Å²) in [5.74, 6) is 1.57. The zero-order valence-electron chi connectivity index (χ0n) is 21.6. The molecule has 0 bridgehead atoms. The van der Waals surface area contributed by atoms with Gasteiger partial charge in [0.05, 0.1) is 17.1 Å². The van der Waals surface area contributed by atoms with Gasteiger partial charge in [0.1, 0.15) is 0 Å². The molecule has 0 aromatic carbocycles. The molecule has 1 aliphatic carbocycles. The van der Waals surface area contributed by atoms with Crippen LogP contribution in [-0.4, -0.2) is 47.7 Å². The van der Waals surface area contributed by atoms with Gasteiger partial charge in [-0.3, -0.25) is 16.0 Å². The minimum absolute atomic E-state index is 0.0962. The normalized spacial score (nSPS) is 12.2. The highest BCUT2D eigenvalue weighted by Crippen LogP contribution is 2.40. The van der Waals surface area contributed by atoms with Gasteiger partial charge in [0.25, 0.3) is 0 Å². The van der Waals surface area contributed by atoms with Crippen LogP contribution in [0.1, 0.15) is 56.6 Å². The van der Waals surface area contributed by atoms with Crippen molar-refractivity contribution in [2.45, 2.75) is 51.9 Å². The van der Waals surface area contributed by atoms with Crippen molar-refractivity contribution < 1.29 is 28.0 Å². The van der Waals surface area contributed by atoms with Crippen molar-refractivity contribution in [1.29, 1.82) is 0 Å². The molecule has 1 saturated carbocycles. The van der Waals surface area contributed by atoms with Crippen LogP contribution in [-0.2, 0) is 5.41 Å². The van der Waals surface area contributed by atoms with Crippen LogP contribution in [0.15, 0.2) is 31.8 Å². The SMILES string of the molecule is CC(C)(C)c1cc(NC(N)=O)on1.CNC(=O)Nc1cc(C)no1.CNC(=O)Nc1cc(C2CC2)no1. The van der Waals surface area contributed by atoms with E-state index in [9.17, 15) is 14.4 Å². The molecule has 0 unspecified atom stereocenters. The number of hydrogen-bond acceptors (Lipinski definition) is 9. The quantitative estimate of drug-likeness (QED) is 0.297. The molecular weight excluding hydrogens is 486 g/mol. The molecule has 4 rings (SSSR count). The number of primary amides is 1. The molecule has 0 spiro atoms. The number of aromatic nitrogens is 3. The Balaban J connectivity index is 0.000000196. The van der Waals surface area contributed by atoms with Crippen molar-refractivity contribution >= 4 is 35.7 Å². The van der Waals surface area contributed by atoms with Gasteiger partial charge in [0.15, 0.2) is 0 Å². The van der Waals surface area contributed by atoms with E-state index >= 15 is 0 Å². The molecule has 1 aliphatic rings. The zero-order chi connectivity index (χ0) is 27.6. The number of nitrogens with one attached hydrogen (secondary N) is 5. The number of nitrogens with two attached hydrogens (primary N) is 1. The van der Waals surface area contributed by atoms with Crippen LogP contribution in [0.4, 0.5) is 32.0 Å².